The molecule has 1 aromatic heterocycles. The molecule has 152 valence electrons. The number of carboxylic acid groups (broad SMARTS) is 2. The third kappa shape index (κ3) is 6.35. The maximum absolute atomic E-state index is 9.10. The van der Waals surface area contributed by atoms with Gasteiger partial charge in [-0.15, -0.1) is 0 Å². The maximum Gasteiger partial charge on any atom is 0.414 e. The smallest absolute Gasteiger partial charge is 0.414 e. The maximum atomic E-state index is 9.10. The summed E-state index contributed by atoms with van der Waals surface area (Å²) in [6, 6.07) is 16.2. The SMILES string of the molecule is COc1cccc(CNc2ncc(-c3cccc(Br)c3)n2C)c1.O=C(O)C(=O)O. The molecule has 0 unspecified atom stereocenters. The first-order valence-electron chi connectivity index (χ1n) is 8.42. The molecular formula is C20H20BrN3O5. The number of hydrogen-bond acceptors (Lipinski definition) is 5. The van der Waals surface area contributed by atoms with E-state index in [1.54, 1.807) is 7.11 Å². The molecular weight excluding hydrogens is 442 g/mol. The Bertz CT molecular complexity index is 991. The van der Waals surface area contributed by atoms with E-state index in [9.17, 15) is 0 Å². The average molecular weight is 462 g/mol. The molecule has 0 aliphatic rings. The minimum absolute atomic E-state index is 0.694. The van der Waals surface area contributed by atoms with Crippen LogP contribution in [-0.2, 0) is 23.2 Å². The molecule has 1 heterocycles. The van der Waals surface area contributed by atoms with E-state index in [4.69, 9.17) is 24.5 Å². The first-order valence-corrected chi connectivity index (χ1v) is 9.21. The number of anilines is 1. The zero-order chi connectivity index (χ0) is 21.4. The summed E-state index contributed by atoms with van der Waals surface area (Å²) in [5.41, 5.74) is 3.35. The zero-order valence-corrected chi connectivity index (χ0v) is 17.4. The molecule has 0 bridgehead atoms. The molecule has 29 heavy (non-hydrogen) atoms. The van der Waals surface area contributed by atoms with Crippen molar-refractivity contribution in [3.8, 4) is 17.0 Å². The van der Waals surface area contributed by atoms with Crippen molar-refractivity contribution >= 4 is 33.8 Å². The Kier molecular flexibility index (Phi) is 7.79. The monoisotopic (exact) mass is 461 g/mol. The van der Waals surface area contributed by atoms with Gasteiger partial charge in [-0.3, -0.25) is 0 Å². The molecule has 0 spiro atoms. The fourth-order valence-electron chi connectivity index (χ4n) is 2.45. The first-order chi connectivity index (χ1) is 13.8. The van der Waals surface area contributed by atoms with Crippen LogP contribution in [0.15, 0.2) is 59.2 Å². The summed E-state index contributed by atoms with van der Waals surface area (Å²) in [4.78, 5) is 22.7. The van der Waals surface area contributed by atoms with Gasteiger partial charge in [-0.05, 0) is 29.8 Å². The number of nitrogens with one attached hydrogen (secondary N) is 1. The van der Waals surface area contributed by atoms with Gasteiger partial charge in [0.05, 0.1) is 19.0 Å². The molecule has 0 amide bonds. The number of benzene rings is 2. The van der Waals surface area contributed by atoms with Crippen LogP contribution >= 0.6 is 15.9 Å². The Morgan fingerprint density at radius 3 is 2.45 bits per heavy atom. The molecule has 0 radical (unpaired) electrons. The Morgan fingerprint density at radius 1 is 1.14 bits per heavy atom. The topological polar surface area (TPSA) is 114 Å². The summed E-state index contributed by atoms with van der Waals surface area (Å²) in [7, 11) is 3.69. The molecule has 0 saturated heterocycles. The van der Waals surface area contributed by atoms with Crippen molar-refractivity contribution in [1.82, 2.24) is 9.55 Å². The molecule has 9 heteroatoms. The van der Waals surface area contributed by atoms with Gasteiger partial charge in [0.2, 0.25) is 5.95 Å². The molecule has 0 fully saturated rings. The van der Waals surface area contributed by atoms with Crippen LogP contribution in [0.1, 0.15) is 5.56 Å². The molecule has 0 aliphatic heterocycles. The van der Waals surface area contributed by atoms with E-state index in [2.05, 4.69) is 49.0 Å². The van der Waals surface area contributed by atoms with Crippen molar-refractivity contribution in [1.29, 1.82) is 0 Å². The second kappa shape index (κ2) is 10.3. The number of aliphatic carboxylic acids is 2. The highest BCUT2D eigenvalue weighted by Crippen LogP contribution is 2.25. The zero-order valence-electron chi connectivity index (χ0n) is 15.8. The lowest BCUT2D eigenvalue weighted by Crippen LogP contribution is -2.09. The lowest BCUT2D eigenvalue weighted by molar-refractivity contribution is -0.159. The van der Waals surface area contributed by atoms with Crippen molar-refractivity contribution in [2.75, 3.05) is 12.4 Å². The first kappa shape index (κ1) is 22.0. The number of aromatic nitrogens is 2. The lowest BCUT2D eigenvalue weighted by atomic mass is 10.2. The highest BCUT2D eigenvalue weighted by molar-refractivity contribution is 9.10. The molecule has 0 atom stereocenters. The van der Waals surface area contributed by atoms with Crippen LogP contribution < -0.4 is 10.1 Å². The summed E-state index contributed by atoms with van der Waals surface area (Å²) >= 11 is 3.51. The number of carboxylic acids is 2. The van der Waals surface area contributed by atoms with E-state index in [1.165, 1.54) is 0 Å². The molecule has 0 aliphatic carbocycles. The second-order valence-electron chi connectivity index (χ2n) is 5.85. The van der Waals surface area contributed by atoms with Crippen LogP contribution in [0.4, 0.5) is 5.95 Å². The fourth-order valence-corrected chi connectivity index (χ4v) is 2.85. The largest absolute Gasteiger partial charge is 0.497 e. The average Bonchev–Trinajstić information content (AvgIpc) is 3.07. The molecule has 3 rings (SSSR count). The van der Waals surface area contributed by atoms with Gasteiger partial charge in [0, 0.05) is 23.6 Å². The summed E-state index contributed by atoms with van der Waals surface area (Å²) in [6.07, 6.45) is 1.88. The number of hydrogen-bond donors (Lipinski definition) is 3. The normalized spacial score (nSPS) is 9.90. The number of imidazole rings is 1. The number of ether oxygens (including phenoxy) is 1. The predicted molar refractivity (Wildman–Crippen MR) is 112 cm³/mol. The highest BCUT2D eigenvalue weighted by atomic mass is 79.9. The van der Waals surface area contributed by atoms with Crippen LogP contribution in [0.3, 0.4) is 0 Å². The van der Waals surface area contributed by atoms with Gasteiger partial charge in [-0.2, -0.15) is 0 Å². The van der Waals surface area contributed by atoms with Crippen molar-refractivity contribution in [3.63, 3.8) is 0 Å². The minimum Gasteiger partial charge on any atom is -0.497 e. The van der Waals surface area contributed by atoms with Gasteiger partial charge in [-0.1, -0.05) is 40.2 Å². The van der Waals surface area contributed by atoms with E-state index in [0.717, 1.165) is 33.0 Å². The summed E-state index contributed by atoms with van der Waals surface area (Å²) in [5.74, 6) is -1.95. The molecule has 3 aromatic rings. The Balaban J connectivity index is 0.000000438. The summed E-state index contributed by atoms with van der Waals surface area (Å²) < 4.78 is 8.37. The Hall–Kier alpha value is -3.33. The Morgan fingerprint density at radius 2 is 1.83 bits per heavy atom. The van der Waals surface area contributed by atoms with E-state index >= 15 is 0 Å². The van der Waals surface area contributed by atoms with Crippen LogP contribution in [0.25, 0.3) is 11.3 Å². The molecule has 2 aromatic carbocycles. The van der Waals surface area contributed by atoms with Crippen molar-refractivity contribution < 1.29 is 24.5 Å². The van der Waals surface area contributed by atoms with Crippen molar-refractivity contribution in [2.45, 2.75) is 6.54 Å². The molecule has 3 N–H and O–H groups in total. The van der Waals surface area contributed by atoms with Gasteiger partial charge in [0.15, 0.2) is 0 Å². The van der Waals surface area contributed by atoms with Crippen LogP contribution in [0.2, 0.25) is 0 Å². The minimum atomic E-state index is -1.82. The number of carbonyl (C=O) groups is 2. The lowest BCUT2D eigenvalue weighted by Gasteiger charge is -2.09. The number of nitrogens with zero attached hydrogens (tertiary/aromatic N) is 2. The highest BCUT2D eigenvalue weighted by Gasteiger charge is 2.09. The third-order valence-corrected chi connectivity index (χ3v) is 4.37. The predicted octanol–water partition coefficient (Wildman–Crippen LogP) is 3.63. The van der Waals surface area contributed by atoms with Gasteiger partial charge in [0.25, 0.3) is 0 Å². The van der Waals surface area contributed by atoms with E-state index in [-0.39, 0.29) is 0 Å². The van der Waals surface area contributed by atoms with Gasteiger partial charge < -0.3 is 24.8 Å². The molecule has 8 nitrogen and oxygen atoms in total. The van der Waals surface area contributed by atoms with Crippen molar-refractivity contribution in [3.05, 3.63) is 64.8 Å². The third-order valence-electron chi connectivity index (χ3n) is 3.88. The molecule has 0 saturated carbocycles. The fraction of sp³-hybridized carbons (Fsp3) is 0.150. The van der Waals surface area contributed by atoms with E-state index in [1.807, 2.05) is 43.6 Å². The van der Waals surface area contributed by atoms with Crippen LogP contribution in [-0.4, -0.2) is 38.8 Å². The van der Waals surface area contributed by atoms with E-state index in [0.29, 0.717) is 6.54 Å². The second-order valence-corrected chi connectivity index (χ2v) is 6.77. The summed E-state index contributed by atoms with van der Waals surface area (Å²) in [5, 5.41) is 18.2. The standard InChI is InChI=1S/C18H18BrN3O.C2H2O4/c1-22-17(14-6-4-7-15(19)10-14)12-21-18(22)20-11-13-5-3-8-16(9-13)23-2;3-1(4)2(5)6/h3-10,12H,11H2,1-2H3,(H,20,21);(H,3,4)(H,5,6). The van der Waals surface area contributed by atoms with Crippen molar-refractivity contribution in [2.24, 2.45) is 7.05 Å². The van der Waals surface area contributed by atoms with Crippen LogP contribution in [0.5, 0.6) is 5.75 Å². The Labute approximate surface area is 175 Å². The van der Waals surface area contributed by atoms with Gasteiger partial charge >= 0.3 is 11.9 Å². The number of methoxy groups -OCH3 is 1. The van der Waals surface area contributed by atoms with E-state index < -0.39 is 11.9 Å². The number of halogens is 1. The quantitative estimate of drug-likeness (QED) is 0.497. The van der Waals surface area contributed by atoms with Crippen LogP contribution in [0, 0.1) is 0 Å². The number of rotatable bonds is 5. The van der Waals surface area contributed by atoms with Gasteiger partial charge in [-0.25, -0.2) is 14.6 Å². The van der Waals surface area contributed by atoms with Gasteiger partial charge in [0.1, 0.15) is 5.75 Å². The summed E-state index contributed by atoms with van der Waals surface area (Å²) in [6.45, 7) is 0.694.